The van der Waals surface area contributed by atoms with E-state index in [1.165, 1.54) is 0 Å². The summed E-state index contributed by atoms with van der Waals surface area (Å²) in [5.74, 6) is 1.41. The number of fused-ring (bicyclic) bond motifs is 1. The van der Waals surface area contributed by atoms with E-state index < -0.39 is 11.0 Å². The van der Waals surface area contributed by atoms with E-state index in [2.05, 4.69) is 14.4 Å². The summed E-state index contributed by atoms with van der Waals surface area (Å²) in [7, 11) is -1.28. The summed E-state index contributed by atoms with van der Waals surface area (Å²) in [6.45, 7) is 5.76. The molecule has 0 unspecified atom stereocenters. The summed E-state index contributed by atoms with van der Waals surface area (Å²) in [5, 5.41) is 0. The van der Waals surface area contributed by atoms with Gasteiger partial charge in [0.1, 0.15) is 22.4 Å². The molecule has 0 saturated carbocycles. The first kappa shape index (κ1) is 15.1. The third-order valence-electron chi connectivity index (χ3n) is 3.43. The highest BCUT2D eigenvalue weighted by Crippen LogP contribution is 2.28. The smallest absolute Gasteiger partial charge is 0.227 e. The number of aromatic nitrogens is 2. The molecule has 3 rings (SSSR count). The molecule has 6 heteroatoms. The maximum absolute atomic E-state index is 12.3. The van der Waals surface area contributed by atoms with E-state index in [9.17, 15) is 4.21 Å². The van der Waals surface area contributed by atoms with Crippen LogP contribution < -0.4 is 0 Å². The van der Waals surface area contributed by atoms with Crippen molar-refractivity contribution in [1.82, 2.24) is 9.97 Å². The molecule has 0 fully saturated rings. The maximum atomic E-state index is 12.3. The average molecular weight is 317 g/mol. The van der Waals surface area contributed by atoms with E-state index in [1.807, 2.05) is 32.9 Å². The van der Waals surface area contributed by atoms with Crippen molar-refractivity contribution >= 4 is 16.7 Å². The molecular weight excluding hydrogens is 298 g/mol. The lowest BCUT2D eigenvalue weighted by atomic mass is 10.0. The van der Waals surface area contributed by atoms with Gasteiger partial charge in [-0.25, -0.2) is 9.19 Å². The molecule has 2 heterocycles. The summed E-state index contributed by atoms with van der Waals surface area (Å²) in [5.41, 5.74) is 2.44. The molecule has 2 aromatic heterocycles. The van der Waals surface area contributed by atoms with Crippen LogP contribution in [0.5, 0.6) is 0 Å². The van der Waals surface area contributed by atoms with Gasteiger partial charge in [-0.2, -0.15) is 4.40 Å². The Bertz CT molecular complexity index is 730. The Labute approximate surface area is 132 Å². The molecule has 0 amide bonds. The highest BCUT2D eigenvalue weighted by Gasteiger charge is 2.26. The van der Waals surface area contributed by atoms with E-state index in [0.717, 1.165) is 42.0 Å². The van der Waals surface area contributed by atoms with Crippen molar-refractivity contribution in [3.63, 3.8) is 0 Å². The zero-order chi connectivity index (χ0) is 15.7. The minimum Gasteiger partial charge on any atom is -0.440 e. The lowest BCUT2D eigenvalue weighted by Gasteiger charge is -2.16. The SMILES string of the molecule is CC(C)(C)[S@](=O)/N=C1\CCCc2oc(-c3ccncc3)nc21. The monoisotopic (exact) mass is 317 g/mol. The Morgan fingerprint density at radius 2 is 1.95 bits per heavy atom. The summed E-state index contributed by atoms with van der Waals surface area (Å²) in [6.07, 6.45) is 5.99. The standard InChI is InChI=1S/C16H19N3O2S/c1-16(2,3)22(20)19-12-5-4-6-13-14(12)18-15(21-13)11-7-9-17-10-8-11/h7-10H,4-6H2,1-3H3/b19-12+/t22-/m0/s1. The average Bonchev–Trinajstić information content (AvgIpc) is 2.92. The molecule has 0 saturated heterocycles. The predicted molar refractivity (Wildman–Crippen MR) is 87.1 cm³/mol. The van der Waals surface area contributed by atoms with Crippen LogP contribution in [0.25, 0.3) is 11.5 Å². The number of hydrogen-bond acceptors (Lipinski definition) is 4. The second-order valence-electron chi connectivity index (χ2n) is 6.28. The van der Waals surface area contributed by atoms with Crippen molar-refractivity contribution in [2.75, 3.05) is 0 Å². The van der Waals surface area contributed by atoms with Gasteiger partial charge >= 0.3 is 0 Å². The van der Waals surface area contributed by atoms with Crippen molar-refractivity contribution in [1.29, 1.82) is 0 Å². The number of nitrogens with zero attached hydrogens (tertiary/aromatic N) is 3. The van der Waals surface area contributed by atoms with Gasteiger partial charge in [0.05, 0.1) is 10.5 Å². The number of oxazole rings is 1. The molecular formula is C16H19N3O2S. The molecule has 22 heavy (non-hydrogen) atoms. The first-order chi connectivity index (χ1) is 10.4. The molecule has 0 N–H and O–H groups in total. The summed E-state index contributed by atoms with van der Waals surface area (Å²) in [6, 6.07) is 3.73. The molecule has 5 nitrogen and oxygen atoms in total. The van der Waals surface area contributed by atoms with Crippen molar-refractivity contribution in [3.05, 3.63) is 36.0 Å². The van der Waals surface area contributed by atoms with Gasteiger partial charge in [0.25, 0.3) is 0 Å². The Kier molecular flexibility index (Phi) is 3.95. The molecule has 1 atom stereocenters. The van der Waals surface area contributed by atoms with Crippen LogP contribution in [0, 0.1) is 0 Å². The Hall–Kier alpha value is -1.82. The number of hydrogen-bond donors (Lipinski definition) is 0. The van der Waals surface area contributed by atoms with Crippen LogP contribution in [-0.4, -0.2) is 24.6 Å². The van der Waals surface area contributed by atoms with E-state index in [-0.39, 0.29) is 4.75 Å². The molecule has 0 aliphatic heterocycles. The Morgan fingerprint density at radius 1 is 1.23 bits per heavy atom. The first-order valence-electron chi connectivity index (χ1n) is 7.35. The van der Waals surface area contributed by atoms with Gasteiger partial charge in [-0.3, -0.25) is 4.98 Å². The molecule has 0 radical (unpaired) electrons. The molecule has 2 aromatic rings. The van der Waals surface area contributed by atoms with Crippen molar-refractivity contribution in [2.24, 2.45) is 4.40 Å². The fraction of sp³-hybridized carbons (Fsp3) is 0.438. The number of pyridine rings is 1. The lowest BCUT2D eigenvalue weighted by Crippen LogP contribution is -2.22. The first-order valence-corrected chi connectivity index (χ1v) is 8.46. The molecule has 116 valence electrons. The lowest BCUT2D eigenvalue weighted by molar-refractivity contribution is 0.507. The zero-order valence-electron chi connectivity index (χ0n) is 13.0. The summed E-state index contributed by atoms with van der Waals surface area (Å²) in [4.78, 5) is 8.58. The third-order valence-corrected chi connectivity index (χ3v) is 4.87. The molecule has 1 aliphatic carbocycles. The van der Waals surface area contributed by atoms with Gasteiger partial charge in [-0.05, 0) is 45.7 Å². The van der Waals surface area contributed by atoms with Crippen LogP contribution in [0.1, 0.15) is 45.1 Å². The minimum atomic E-state index is -1.28. The van der Waals surface area contributed by atoms with E-state index in [0.29, 0.717) is 5.89 Å². The second kappa shape index (κ2) is 5.76. The fourth-order valence-corrected chi connectivity index (χ4v) is 2.88. The van der Waals surface area contributed by atoms with Crippen LogP contribution in [-0.2, 0) is 17.4 Å². The summed E-state index contributed by atoms with van der Waals surface area (Å²) >= 11 is 0. The Morgan fingerprint density at radius 3 is 2.64 bits per heavy atom. The van der Waals surface area contributed by atoms with Gasteiger partial charge in [-0.15, -0.1) is 0 Å². The predicted octanol–water partition coefficient (Wildman–Crippen LogP) is 3.32. The third kappa shape index (κ3) is 3.02. The van der Waals surface area contributed by atoms with Crippen LogP contribution >= 0.6 is 0 Å². The minimum absolute atomic E-state index is 0.373. The highest BCUT2D eigenvalue weighted by atomic mass is 32.2. The van der Waals surface area contributed by atoms with Crippen LogP contribution in [0.3, 0.4) is 0 Å². The molecule has 0 spiro atoms. The normalized spacial score (nSPS) is 18.2. The molecule has 0 aromatic carbocycles. The molecule has 0 bridgehead atoms. The van der Waals surface area contributed by atoms with Crippen molar-refractivity contribution < 1.29 is 8.63 Å². The van der Waals surface area contributed by atoms with Crippen LogP contribution in [0.15, 0.2) is 33.3 Å². The van der Waals surface area contributed by atoms with E-state index >= 15 is 0 Å². The van der Waals surface area contributed by atoms with Gasteiger partial charge in [-0.1, -0.05) is 0 Å². The van der Waals surface area contributed by atoms with Gasteiger partial charge < -0.3 is 4.42 Å². The fourth-order valence-electron chi connectivity index (χ4n) is 2.23. The second-order valence-corrected chi connectivity index (χ2v) is 8.19. The largest absolute Gasteiger partial charge is 0.440 e. The van der Waals surface area contributed by atoms with Crippen LogP contribution in [0.4, 0.5) is 0 Å². The highest BCUT2D eigenvalue weighted by molar-refractivity contribution is 7.85. The number of aryl methyl sites for hydroxylation is 1. The zero-order valence-corrected chi connectivity index (χ0v) is 13.8. The van der Waals surface area contributed by atoms with Gasteiger partial charge in [0.2, 0.25) is 5.89 Å². The van der Waals surface area contributed by atoms with E-state index in [1.54, 1.807) is 12.4 Å². The van der Waals surface area contributed by atoms with Crippen LogP contribution in [0.2, 0.25) is 0 Å². The summed E-state index contributed by atoms with van der Waals surface area (Å²) < 4.78 is 22.2. The quantitative estimate of drug-likeness (QED) is 0.852. The topological polar surface area (TPSA) is 68.3 Å². The molecule has 1 aliphatic rings. The van der Waals surface area contributed by atoms with Gasteiger partial charge in [0.15, 0.2) is 0 Å². The number of rotatable bonds is 2. The van der Waals surface area contributed by atoms with Crippen molar-refractivity contribution in [3.8, 4) is 11.5 Å². The Balaban J connectivity index is 1.99. The van der Waals surface area contributed by atoms with E-state index in [4.69, 9.17) is 4.42 Å². The van der Waals surface area contributed by atoms with Crippen molar-refractivity contribution in [2.45, 2.75) is 44.8 Å². The van der Waals surface area contributed by atoms with Gasteiger partial charge in [0, 0.05) is 24.4 Å². The maximum Gasteiger partial charge on any atom is 0.227 e.